The monoisotopic (exact) mass is 454 g/mol. The van der Waals surface area contributed by atoms with Gasteiger partial charge in [-0.15, -0.1) is 0 Å². The molecule has 0 saturated heterocycles. The largest absolute Gasteiger partial charge is 0.352 e. The standard InChI is InChI=1S/C30H34N2O2/c1-23(30(34)31-27-19-11-12-20-27)32(22-24-13-5-2-6-14-24)29(33)21-28(25-15-7-3-8-16-25)26-17-9-4-10-18-26/h2-10,13-18,23,27-28H,11-12,19-22H2,1H3,(H,31,34). The second-order valence-electron chi connectivity index (χ2n) is 9.25. The topological polar surface area (TPSA) is 49.4 Å². The molecule has 1 aliphatic carbocycles. The second-order valence-corrected chi connectivity index (χ2v) is 9.25. The normalized spacial score (nSPS) is 14.6. The molecule has 4 rings (SSSR count). The highest BCUT2D eigenvalue weighted by atomic mass is 16.2. The van der Waals surface area contributed by atoms with Crippen LogP contribution in [-0.4, -0.2) is 28.8 Å². The Balaban J connectivity index is 1.58. The first-order chi connectivity index (χ1) is 16.6. The summed E-state index contributed by atoms with van der Waals surface area (Å²) in [5.41, 5.74) is 3.22. The van der Waals surface area contributed by atoms with E-state index in [2.05, 4.69) is 29.6 Å². The van der Waals surface area contributed by atoms with E-state index < -0.39 is 6.04 Å². The van der Waals surface area contributed by atoms with Crippen LogP contribution in [0.25, 0.3) is 0 Å². The number of carbonyl (C=O) groups is 2. The highest BCUT2D eigenvalue weighted by Gasteiger charge is 2.30. The van der Waals surface area contributed by atoms with Crippen molar-refractivity contribution < 1.29 is 9.59 Å². The molecule has 3 aromatic rings. The lowest BCUT2D eigenvalue weighted by molar-refractivity contribution is -0.141. The molecule has 1 aliphatic rings. The van der Waals surface area contributed by atoms with Gasteiger partial charge in [0.15, 0.2) is 0 Å². The summed E-state index contributed by atoms with van der Waals surface area (Å²) in [5, 5.41) is 3.18. The van der Waals surface area contributed by atoms with E-state index in [0.29, 0.717) is 13.0 Å². The zero-order valence-corrected chi connectivity index (χ0v) is 19.9. The van der Waals surface area contributed by atoms with Crippen molar-refractivity contribution >= 4 is 11.8 Å². The zero-order valence-electron chi connectivity index (χ0n) is 19.9. The molecule has 1 atom stereocenters. The molecule has 176 valence electrons. The van der Waals surface area contributed by atoms with Crippen LogP contribution in [-0.2, 0) is 16.1 Å². The van der Waals surface area contributed by atoms with Crippen molar-refractivity contribution in [2.45, 2.75) is 63.6 Å². The minimum atomic E-state index is -0.541. The van der Waals surface area contributed by atoms with Crippen LogP contribution < -0.4 is 5.32 Å². The molecular weight excluding hydrogens is 420 g/mol. The van der Waals surface area contributed by atoms with Gasteiger partial charge in [0.2, 0.25) is 11.8 Å². The fraction of sp³-hybridized carbons (Fsp3) is 0.333. The number of carbonyl (C=O) groups excluding carboxylic acids is 2. The predicted molar refractivity (Wildman–Crippen MR) is 136 cm³/mol. The summed E-state index contributed by atoms with van der Waals surface area (Å²) in [6.45, 7) is 2.26. The lowest BCUT2D eigenvalue weighted by Crippen LogP contribution is -2.49. The van der Waals surface area contributed by atoms with E-state index in [9.17, 15) is 9.59 Å². The number of benzene rings is 3. The zero-order chi connectivity index (χ0) is 23.8. The van der Waals surface area contributed by atoms with Gasteiger partial charge in [-0.25, -0.2) is 0 Å². The summed E-state index contributed by atoms with van der Waals surface area (Å²) in [6, 6.07) is 29.9. The van der Waals surface area contributed by atoms with Gasteiger partial charge in [0.25, 0.3) is 0 Å². The van der Waals surface area contributed by atoms with Crippen LogP contribution in [0.4, 0.5) is 0 Å². The summed E-state index contributed by atoms with van der Waals surface area (Å²) in [5.74, 6) is -0.152. The quantitative estimate of drug-likeness (QED) is 0.452. The summed E-state index contributed by atoms with van der Waals surface area (Å²) in [4.78, 5) is 28.7. The fourth-order valence-corrected chi connectivity index (χ4v) is 4.85. The van der Waals surface area contributed by atoms with Crippen molar-refractivity contribution in [3.05, 3.63) is 108 Å². The van der Waals surface area contributed by atoms with Crippen LogP contribution in [0.1, 0.15) is 61.6 Å². The van der Waals surface area contributed by atoms with Crippen molar-refractivity contribution in [3.8, 4) is 0 Å². The maximum atomic E-state index is 13.8. The minimum absolute atomic E-state index is 0.0179. The van der Waals surface area contributed by atoms with Crippen LogP contribution in [0, 0.1) is 0 Å². The van der Waals surface area contributed by atoms with Crippen molar-refractivity contribution in [3.63, 3.8) is 0 Å². The summed E-state index contributed by atoms with van der Waals surface area (Å²) in [6.07, 6.45) is 4.66. The Morgan fingerprint density at radius 3 is 1.85 bits per heavy atom. The van der Waals surface area contributed by atoms with Gasteiger partial charge >= 0.3 is 0 Å². The van der Waals surface area contributed by atoms with Gasteiger partial charge in [-0.05, 0) is 36.5 Å². The molecule has 4 nitrogen and oxygen atoms in total. The SMILES string of the molecule is CC(C(=O)NC1CCCC1)N(Cc1ccccc1)C(=O)CC(c1ccccc1)c1ccccc1. The third-order valence-corrected chi connectivity index (χ3v) is 6.85. The summed E-state index contributed by atoms with van der Waals surface area (Å²) in [7, 11) is 0. The van der Waals surface area contributed by atoms with Gasteiger partial charge in [-0.1, -0.05) is 104 Å². The van der Waals surface area contributed by atoms with Gasteiger partial charge in [0.05, 0.1) is 0 Å². The molecule has 0 aromatic heterocycles. The summed E-state index contributed by atoms with van der Waals surface area (Å²) < 4.78 is 0. The van der Waals surface area contributed by atoms with Gasteiger partial charge in [-0.2, -0.15) is 0 Å². The van der Waals surface area contributed by atoms with E-state index in [1.807, 2.05) is 73.7 Å². The third kappa shape index (κ3) is 6.13. The molecule has 0 spiro atoms. The highest BCUT2D eigenvalue weighted by molar-refractivity contribution is 5.88. The predicted octanol–water partition coefficient (Wildman–Crippen LogP) is 5.68. The van der Waals surface area contributed by atoms with Crippen molar-refractivity contribution in [2.24, 2.45) is 0 Å². The Hall–Kier alpha value is -3.40. The molecule has 1 N–H and O–H groups in total. The van der Waals surface area contributed by atoms with E-state index in [4.69, 9.17) is 0 Å². The van der Waals surface area contributed by atoms with Crippen LogP contribution in [0.2, 0.25) is 0 Å². The molecule has 0 bridgehead atoms. The van der Waals surface area contributed by atoms with Crippen molar-refractivity contribution in [2.75, 3.05) is 0 Å². The maximum Gasteiger partial charge on any atom is 0.242 e. The van der Waals surface area contributed by atoms with E-state index in [1.165, 1.54) is 0 Å². The lowest BCUT2D eigenvalue weighted by Gasteiger charge is -2.31. The van der Waals surface area contributed by atoms with E-state index in [-0.39, 0.29) is 23.8 Å². The molecule has 34 heavy (non-hydrogen) atoms. The maximum absolute atomic E-state index is 13.8. The van der Waals surface area contributed by atoms with Gasteiger partial charge < -0.3 is 10.2 Å². The Morgan fingerprint density at radius 2 is 1.32 bits per heavy atom. The molecule has 0 heterocycles. The smallest absolute Gasteiger partial charge is 0.242 e. The first kappa shape index (κ1) is 23.7. The Bertz CT molecular complexity index is 1010. The van der Waals surface area contributed by atoms with Crippen LogP contribution in [0.3, 0.4) is 0 Å². The second kappa shape index (κ2) is 11.6. The van der Waals surface area contributed by atoms with E-state index in [1.54, 1.807) is 4.90 Å². The number of nitrogens with zero attached hydrogens (tertiary/aromatic N) is 1. The van der Waals surface area contributed by atoms with Gasteiger partial charge in [0, 0.05) is 24.9 Å². The molecule has 1 unspecified atom stereocenters. The Morgan fingerprint density at radius 1 is 0.824 bits per heavy atom. The molecule has 1 saturated carbocycles. The molecule has 4 heteroatoms. The molecule has 0 aliphatic heterocycles. The van der Waals surface area contributed by atoms with Crippen molar-refractivity contribution in [1.82, 2.24) is 10.2 Å². The summed E-state index contributed by atoms with van der Waals surface area (Å²) >= 11 is 0. The first-order valence-corrected chi connectivity index (χ1v) is 12.4. The number of hydrogen-bond acceptors (Lipinski definition) is 2. The minimum Gasteiger partial charge on any atom is -0.352 e. The Labute approximate surface area is 203 Å². The Kier molecular flexibility index (Phi) is 8.13. The number of nitrogens with one attached hydrogen (secondary N) is 1. The fourth-order valence-electron chi connectivity index (χ4n) is 4.85. The van der Waals surface area contributed by atoms with Crippen LogP contribution in [0.15, 0.2) is 91.0 Å². The molecule has 1 fully saturated rings. The average molecular weight is 455 g/mol. The highest BCUT2D eigenvalue weighted by Crippen LogP contribution is 2.29. The van der Waals surface area contributed by atoms with Gasteiger partial charge in [0.1, 0.15) is 6.04 Å². The number of amides is 2. The van der Waals surface area contributed by atoms with Gasteiger partial charge in [-0.3, -0.25) is 9.59 Å². The van der Waals surface area contributed by atoms with E-state index >= 15 is 0 Å². The van der Waals surface area contributed by atoms with Crippen LogP contribution >= 0.6 is 0 Å². The number of hydrogen-bond donors (Lipinski definition) is 1. The van der Waals surface area contributed by atoms with Crippen molar-refractivity contribution in [1.29, 1.82) is 0 Å². The van der Waals surface area contributed by atoms with E-state index in [0.717, 1.165) is 42.4 Å². The first-order valence-electron chi connectivity index (χ1n) is 12.4. The average Bonchev–Trinajstić information content (AvgIpc) is 3.40. The molecule has 0 radical (unpaired) electrons. The molecular formula is C30H34N2O2. The van der Waals surface area contributed by atoms with Crippen LogP contribution in [0.5, 0.6) is 0 Å². The molecule has 2 amide bonds. The third-order valence-electron chi connectivity index (χ3n) is 6.85. The lowest BCUT2D eigenvalue weighted by atomic mass is 9.88. The number of rotatable bonds is 9. The molecule has 3 aromatic carbocycles.